The van der Waals surface area contributed by atoms with E-state index in [1.54, 1.807) is 0 Å². The first-order chi connectivity index (χ1) is 10.6. The van der Waals surface area contributed by atoms with Crippen molar-refractivity contribution in [3.8, 4) is 0 Å². The molecule has 1 aromatic rings. The third-order valence-electron chi connectivity index (χ3n) is 5.15. The maximum Gasteiger partial charge on any atom is 0.309 e. The summed E-state index contributed by atoms with van der Waals surface area (Å²) >= 11 is 0. The largest absolute Gasteiger partial charge is 0.469 e. The molecule has 22 heavy (non-hydrogen) atoms. The number of fused-ring (bicyclic) bond motifs is 2. The van der Waals surface area contributed by atoms with Gasteiger partial charge in [0.15, 0.2) is 0 Å². The van der Waals surface area contributed by atoms with Gasteiger partial charge in [-0.1, -0.05) is 18.6 Å². The molecular formula is C18H23NO3. The van der Waals surface area contributed by atoms with Gasteiger partial charge in [0.05, 0.1) is 13.5 Å². The number of esters is 1. The average Bonchev–Trinajstić information content (AvgIpc) is 3.11. The Bertz CT molecular complexity index is 552. The van der Waals surface area contributed by atoms with Crippen LogP contribution in [0, 0.1) is 17.8 Å². The third kappa shape index (κ3) is 3.49. The predicted molar refractivity (Wildman–Crippen MR) is 84.3 cm³/mol. The van der Waals surface area contributed by atoms with Gasteiger partial charge < -0.3 is 10.1 Å². The van der Waals surface area contributed by atoms with Gasteiger partial charge in [0, 0.05) is 12.1 Å². The molecule has 1 aromatic carbocycles. The van der Waals surface area contributed by atoms with Crippen LogP contribution in [0.1, 0.15) is 37.7 Å². The molecule has 0 saturated heterocycles. The minimum atomic E-state index is -0.256. The third-order valence-corrected chi connectivity index (χ3v) is 5.15. The molecule has 2 bridgehead atoms. The molecular weight excluding hydrogens is 278 g/mol. The van der Waals surface area contributed by atoms with E-state index < -0.39 is 0 Å². The van der Waals surface area contributed by atoms with Gasteiger partial charge in [-0.15, -0.1) is 0 Å². The smallest absolute Gasteiger partial charge is 0.309 e. The van der Waals surface area contributed by atoms with Crippen molar-refractivity contribution in [2.45, 2.75) is 38.5 Å². The molecule has 1 amide bonds. The molecule has 0 heterocycles. The average molecular weight is 301 g/mol. The fourth-order valence-corrected chi connectivity index (χ4v) is 4.02. The number of carbonyl (C=O) groups is 2. The zero-order valence-electron chi connectivity index (χ0n) is 13.0. The lowest BCUT2D eigenvalue weighted by Crippen LogP contribution is -2.20. The highest BCUT2D eigenvalue weighted by Gasteiger charge is 2.40. The normalized spacial score (nSPS) is 26.0. The monoisotopic (exact) mass is 301 g/mol. The number of amides is 1. The SMILES string of the molecule is COC(=O)Cc1ccc(NC(=O)CC2CC3CCC2C3)cc1. The van der Waals surface area contributed by atoms with Crippen molar-refractivity contribution in [2.75, 3.05) is 12.4 Å². The second-order valence-corrected chi connectivity index (χ2v) is 6.64. The number of rotatable bonds is 5. The summed E-state index contributed by atoms with van der Waals surface area (Å²) in [6, 6.07) is 7.39. The van der Waals surface area contributed by atoms with Crippen LogP contribution in [0.15, 0.2) is 24.3 Å². The molecule has 4 nitrogen and oxygen atoms in total. The summed E-state index contributed by atoms with van der Waals surface area (Å²) in [7, 11) is 1.38. The molecule has 2 fully saturated rings. The number of anilines is 1. The Hall–Kier alpha value is -1.84. The predicted octanol–water partition coefficient (Wildman–Crippen LogP) is 3.17. The van der Waals surface area contributed by atoms with Crippen LogP contribution in [-0.4, -0.2) is 19.0 Å². The van der Waals surface area contributed by atoms with Crippen molar-refractivity contribution >= 4 is 17.6 Å². The van der Waals surface area contributed by atoms with Crippen LogP contribution in [0.5, 0.6) is 0 Å². The number of ether oxygens (including phenoxy) is 1. The second kappa shape index (κ2) is 6.51. The van der Waals surface area contributed by atoms with Crippen LogP contribution in [0.4, 0.5) is 5.69 Å². The van der Waals surface area contributed by atoms with Crippen molar-refractivity contribution in [2.24, 2.45) is 17.8 Å². The van der Waals surface area contributed by atoms with Crippen molar-refractivity contribution in [3.05, 3.63) is 29.8 Å². The van der Waals surface area contributed by atoms with Gasteiger partial charge in [-0.05, 0) is 54.7 Å². The topological polar surface area (TPSA) is 55.4 Å². The fraction of sp³-hybridized carbons (Fsp3) is 0.556. The van der Waals surface area contributed by atoms with Gasteiger partial charge in [-0.3, -0.25) is 9.59 Å². The van der Waals surface area contributed by atoms with Crippen LogP contribution in [0.2, 0.25) is 0 Å². The summed E-state index contributed by atoms with van der Waals surface area (Å²) in [5, 5.41) is 2.97. The summed E-state index contributed by atoms with van der Waals surface area (Å²) in [4.78, 5) is 23.4. The Balaban J connectivity index is 1.50. The lowest BCUT2D eigenvalue weighted by atomic mass is 9.86. The molecule has 1 N–H and O–H groups in total. The van der Waals surface area contributed by atoms with Gasteiger partial charge in [0.25, 0.3) is 0 Å². The standard InChI is InChI=1S/C18H23NO3/c1-22-18(21)10-12-3-6-16(7-4-12)19-17(20)11-15-9-13-2-5-14(15)8-13/h3-4,6-7,13-15H,2,5,8-11H2,1H3,(H,19,20). The quantitative estimate of drug-likeness (QED) is 0.850. The summed E-state index contributed by atoms with van der Waals surface area (Å²) in [5.41, 5.74) is 1.68. The molecule has 2 aliphatic carbocycles. The van der Waals surface area contributed by atoms with E-state index in [2.05, 4.69) is 10.1 Å². The summed E-state index contributed by atoms with van der Waals surface area (Å²) < 4.78 is 4.64. The maximum absolute atomic E-state index is 12.2. The van der Waals surface area contributed by atoms with Gasteiger partial charge in [-0.25, -0.2) is 0 Å². The van der Waals surface area contributed by atoms with Crippen molar-refractivity contribution in [3.63, 3.8) is 0 Å². The van der Waals surface area contributed by atoms with Crippen LogP contribution < -0.4 is 5.32 Å². The molecule has 0 radical (unpaired) electrons. The lowest BCUT2D eigenvalue weighted by molar-refractivity contribution is -0.139. The number of methoxy groups -OCH3 is 1. The van der Waals surface area contributed by atoms with Gasteiger partial charge in [0.1, 0.15) is 0 Å². The Kier molecular flexibility index (Phi) is 4.46. The first kappa shape index (κ1) is 15.1. The van der Waals surface area contributed by atoms with Crippen molar-refractivity contribution < 1.29 is 14.3 Å². The number of benzene rings is 1. The Morgan fingerprint density at radius 1 is 1.18 bits per heavy atom. The Morgan fingerprint density at radius 3 is 2.55 bits per heavy atom. The van der Waals surface area contributed by atoms with Crippen molar-refractivity contribution in [1.82, 2.24) is 0 Å². The van der Waals surface area contributed by atoms with Crippen LogP contribution in [-0.2, 0) is 20.7 Å². The zero-order valence-corrected chi connectivity index (χ0v) is 13.0. The molecule has 118 valence electrons. The second-order valence-electron chi connectivity index (χ2n) is 6.64. The van der Waals surface area contributed by atoms with E-state index >= 15 is 0 Å². The molecule has 3 rings (SSSR count). The number of hydrogen-bond acceptors (Lipinski definition) is 3. The Morgan fingerprint density at radius 2 is 1.95 bits per heavy atom. The minimum absolute atomic E-state index is 0.110. The number of nitrogens with one attached hydrogen (secondary N) is 1. The first-order valence-corrected chi connectivity index (χ1v) is 8.09. The molecule has 0 aromatic heterocycles. The molecule has 0 aliphatic heterocycles. The van der Waals surface area contributed by atoms with E-state index in [9.17, 15) is 9.59 Å². The van der Waals surface area contributed by atoms with Gasteiger partial charge in [-0.2, -0.15) is 0 Å². The van der Waals surface area contributed by atoms with E-state index in [4.69, 9.17) is 0 Å². The molecule has 4 heteroatoms. The molecule has 2 aliphatic rings. The number of hydrogen-bond donors (Lipinski definition) is 1. The zero-order chi connectivity index (χ0) is 15.5. The Labute approximate surface area is 131 Å². The molecule has 0 spiro atoms. The molecule has 3 atom stereocenters. The highest BCUT2D eigenvalue weighted by atomic mass is 16.5. The summed E-state index contributed by atoms with van der Waals surface area (Å²) in [5.74, 6) is 2.09. The maximum atomic E-state index is 12.2. The number of carbonyl (C=O) groups excluding carboxylic acids is 2. The summed E-state index contributed by atoms with van der Waals surface area (Å²) in [6.45, 7) is 0. The van der Waals surface area contributed by atoms with E-state index in [1.807, 2.05) is 24.3 Å². The van der Waals surface area contributed by atoms with E-state index in [0.717, 1.165) is 23.1 Å². The van der Waals surface area contributed by atoms with E-state index in [0.29, 0.717) is 12.3 Å². The van der Waals surface area contributed by atoms with E-state index in [-0.39, 0.29) is 18.3 Å². The van der Waals surface area contributed by atoms with Crippen LogP contribution in [0.25, 0.3) is 0 Å². The highest BCUT2D eigenvalue weighted by molar-refractivity contribution is 5.91. The van der Waals surface area contributed by atoms with Crippen LogP contribution in [0.3, 0.4) is 0 Å². The lowest BCUT2D eigenvalue weighted by Gasteiger charge is -2.20. The van der Waals surface area contributed by atoms with E-state index in [1.165, 1.54) is 32.8 Å². The van der Waals surface area contributed by atoms with Gasteiger partial charge >= 0.3 is 5.97 Å². The van der Waals surface area contributed by atoms with Crippen LogP contribution >= 0.6 is 0 Å². The minimum Gasteiger partial charge on any atom is -0.469 e. The fourth-order valence-electron chi connectivity index (χ4n) is 4.02. The first-order valence-electron chi connectivity index (χ1n) is 8.09. The summed E-state index contributed by atoms with van der Waals surface area (Å²) in [6.07, 6.45) is 6.15. The highest BCUT2D eigenvalue weighted by Crippen LogP contribution is 2.49. The molecule has 3 unspecified atom stereocenters. The molecule has 2 saturated carbocycles. The van der Waals surface area contributed by atoms with Crippen molar-refractivity contribution in [1.29, 1.82) is 0 Å². The van der Waals surface area contributed by atoms with Gasteiger partial charge in [0.2, 0.25) is 5.91 Å².